The van der Waals surface area contributed by atoms with E-state index in [9.17, 15) is 4.79 Å². The zero-order chi connectivity index (χ0) is 14.7. The summed E-state index contributed by atoms with van der Waals surface area (Å²) in [5.74, 6) is 0.0901. The summed E-state index contributed by atoms with van der Waals surface area (Å²) in [6.45, 7) is 4.68. The first-order chi connectivity index (χ1) is 10.2. The van der Waals surface area contributed by atoms with Crippen LogP contribution in [0.1, 0.15) is 15.9 Å². The molecule has 0 atom stereocenters. The van der Waals surface area contributed by atoms with Gasteiger partial charge in [-0.2, -0.15) is 0 Å². The molecule has 0 spiro atoms. The van der Waals surface area contributed by atoms with Gasteiger partial charge in [-0.25, -0.2) is 0 Å². The van der Waals surface area contributed by atoms with Crippen LogP contribution in [0.2, 0.25) is 0 Å². The highest BCUT2D eigenvalue weighted by Gasteiger charge is 2.18. The summed E-state index contributed by atoms with van der Waals surface area (Å²) in [5.41, 5.74) is 4.20. The van der Waals surface area contributed by atoms with Crippen molar-refractivity contribution in [2.75, 3.05) is 26.3 Å². The third-order valence-corrected chi connectivity index (χ3v) is 3.79. The molecule has 3 heteroatoms. The predicted octanol–water partition coefficient (Wildman–Crippen LogP) is 3.13. The first-order valence-electron chi connectivity index (χ1n) is 7.28. The lowest BCUT2D eigenvalue weighted by Crippen LogP contribution is -2.40. The lowest BCUT2D eigenvalue weighted by Gasteiger charge is -2.27. The predicted molar refractivity (Wildman–Crippen MR) is 83.3 cm³/mol. The Morgan fingerprint density at radius 2 is 1.71 bits per heavy atom. The molecule has 1 aliphatic heterocycles. The second kappa shape index (κ2) is 6.10. The maximum absolute atomic E-state index is 12.5. The van der Waals surface area contributed by atoms with Crippen molar-refractivity contribution in [1.29, 1.82) is 0 Å². The lowest BCUT2D eigenvalue weighted by molar-refractivity contribution is 0.0303. The molecule has 3 nitrogen and oxygen atoms in total. The Bertz CT molecular complexity index is 628. The lowest BCUT2D eigenvalue weighted by atomic mass is 10.0. The maximum Gasteiger partial charge on any atom is 0.254 e. The quantitative estimate of drug-likeness (QED) is 0.846. The molecular formula is C18H19NO2. The summed E-state index contributed by atoms with van der Waals surface area (Å²) in [6.07, 6.45) is 0. The highest BCUT2D eigenvalue weighted by atomic mass is 16.5. The van der Waals surface area contributed by atoms with Gasteiger partial charge >= 0.3 is 0 Å². The number of carbonyl (C=O) groups is 1. The molecule has 0 N–H and O–H groups in total. The fourth-order valence-corrected chi connectivity index (χ4v) is 2.53. The Morgan fingerprint density at radius 3 is 2.43 bits per heavy atom. The molecular weight excluding hydrogens is 262 g/mol. The van der Waals surface area contributed by atoms with Crippen LogP contribution >= 0.6 is 0 Å². The largest absolute Gasteiger partial charge is 0.378 e. The van der Waals surface area contributed by atoms with Crippen molar-refractivity contribution in [1.82, 2.24) is 4.90 Å². The van der Waals surface area contributed by atoms with E-state index in [1.165, 1.54) is 5.56 Å². The van der Waals surface area contributed by atoms with E-state index in [1.807, 2.05) is 29.2 Å². The molecule has 3 rings (SSSR count). The second-order valence-electron chi connectivity index (χ2n) is 5.35. The Hall–Kier alpha value is -2.13. The molecule has 1 fully saturated rings. The Balaban J connectivity index is 1.85. The van der Waals surface area contributed by atoms with Gasteiger partial charge in [0.25, 0.3) is 5.91 Å². The van der Waals surface area contributed by atoms with E-state index in [2.05, 4.69) is 31.2 Å². The smallest absolute Gasteiger partial charge is 0.254 e. The van der Waals surface area contributed by atoms with Gasteiger partial charge in [0.05, 0.1) is 13.2 Å². The molecule has 1 heterocycles. The average Bonchev–Trinajstić information content (AvgIpc) is 2.56. The van der Waals surface area contributed by atoms with Crippen molar-refractivity contribution >= 4 is 5.91 Å². The van der Waals surface area contributed by atoms with E-state index < -0.39 is 0 Å². The van der Waals surface area contributed by atoms with Crippen LogP contribution in [-0.2, 0) is 4.74 Å². The second-order valence-corrected chi connectivity index (χ2v) is 5.35. The van der Waals surface area contributed by atoms with Gasteiger partial charge < -0.3 is 9.64 Å². The first-order valence-corrected chi connectivity index (χ1v) is 7.28. The van der Waals surface area contributed by atoms with Crippen LogP contribution in [0.4, 0.5) is 0 Å². The van der Waals surface area contributed by atoms with Crippen LogP contribution in [0.5, 0.6) is 0 Å². The summed E-state index contributed by atoms with van der Waals surface area (Å²) in [7, 11) is 0. The van der Waals surface area contributed by atoms with Crippen molar-refractivity contribution in [3.8, 4) is 11.1 Å². The van der Waals surface area contributed by atoms with Crippen molar-refractivity contribution < 1.29 is 9.53 Å². The zero-order valence-corrected chi connectivity index (χ0v) is 12.2. The highest BCUT2D eigenvalue weighted by Crippen LogP contribution is 2.21. The fourth-order valence-electron chi connectivity index (χ4n) is 2.53. The average molecular weight is 281 g/mol. The molecule has 0 bridgehead atoms. The van der Waals surface area contributed by atoms with Gasteiger partial charge in [-0.3, -0.25) is 4.79 Å². The number of carbonyl (C=O) groups excluding carboxylic acids is 1. The topological polar surface area (TPSA) is 29.5 Å². The number of hydrogen-bond acceptors (Lipinski definition) is 2. The Labute approximate surface area is 125 Å². The highest BCUT2D eigenvalue weighted by molar-refractivity contribution is 5.95. The van der Waals surface area contributed by atoms with Gasteiger partial charge in [-0.05, 0) is 30.2 Å². The van der Waals surface area contributed by atoms with Crippen molar-refractivity contribution in [2.24, 2.45) is 0 Å². The summed E-state index contributed by atoms with van der Waals surface area (Å²) in [4.78, 5) is 14.4. The van der Waals surface area contributed by atoms with Gasteiger partial charge in [0, 0.05) is 18.7 Å². The van der Waals surface area contributed by atoms with Crippen molar-refractivity contribution in [2.45, 2.75) is 6.92 Å². The number of amides is 1. The molecule has 0 unspecified atom stereocenters. The molecule has 2 aromatic rings. The van der Waals surface area contributed by atoms with E-state index in [-0.39, 0.29) is 5.91 Å². The summed E-state index contributed by atoms with van der Waals surface area (Å²) in [5, 5.41) is 0. The van der Waals surface area contributed by atoms with Crippen molar-refractivity contribution in [3.63, 3.8) is 0 Å². The first kappa shape index (κ1) is 13.8. The third kappa shape index (κ3) is 3.14. The van der Waals surface area contributed by atoms with E-state index in [0.717, 1.165) is 16.7 Å². The Morgan fingerprint density at radius 1 is 1.00 bits per heavy atom. The molecule has 0 aliphatic carbocycles. The van der Waals surface area contributed by atoms with Crippen molar-refractivity contribution in [3.05, 3.63) is 59.7 Å². The number of morpholine rings is 1. The van der Waals surface area contributed by atoms with Gasteiger partial charge in [0.15, 0.2) is 0 Å². The molecule has 21 heavy (non-hydrogen) atoms. The SMILES string of the molecule is Cc1ccc(-c2cccc(C(=O)N3CCOCC3)c2)cc1. The number of aryl methyl sites for hydroxylation is 1. The monoisotopic (exact) mass is 281 g/mol. The molecule has 1 aliphatic rings. The molecule has 108 valence electrons. The van der Waals surface area contributed by atoms with Crippen LogP contribution in [0.15, 0.2) is 48.5 Å². The van der Waals surface area contributed by atoms with Crippen LogP contribution < -0.4 is 0 Å². The standard InChI is InChI=1S/C18H19NO2/c1-14-5-7-15(8-6-14)16-3-2-4-17(13-16)18(20)19-9-11-21-12-10-19/h2-8,13H,9-12H2,1H3. The normalized spacial score (nSPS) is 15.0. The van der Waals surface area contributed by atoms with Crippen LogP contribution in [0, 0.1) is 6.92 Å². The molecule has 1 saturated heterocycles. The van der Waals surface area contributed by atoms with Crippen LogP contribution in [0.25, 0.3) is 11.1 Å². The summed E-state index contributed by atoms with van der Waals surface area (Å²) < 4.78 is 5.30. The maximum atomic E-state index is 12.5. The minimum atomic E-state index is 0.0901. The number of rotatable bonds is 2. The minimum Gasteiger partial charge on any atom is -0.378 e. The van der Waals surface area contributed by atoms with E-state index in [0.29, 0.717) is 26.3 Å². The molecule has 1 amide bonds. The van der Waals surface area contributed by atoms with Gasteiger partial charge in [-0.15, -0.1) is 0 Å². The van der Waals surface area contributed by atoms with E-state index >= 15 is 0 Å². The Kier molecular flexibility index (Phi) is 4.02. The molecule has 0 aromatic heterocycles. The number of hydrogen-bond donors (Lipinski definition) is 0. The molecule has 0 radical (unpaired) electrons. The fraction of sp³-hybridized carbons (Fsp3) is 0.278. The number of ether oxygens (including phenoxy) is 1. The zero-order valence-electron chi connectivity index (χ0n) is 12.2. The number of benzene rings is 2. The van der Waals surface area contributed by atoms with Gasteiger partial charge in [0.2, 0.25) is 0 Å². The van der Waals surface area contributed by atoms with E-state index in [4.69, 9.17) is 4.74 Å². The van der Waals surface area contributed by atoms with Gasteiger partial charge in [-0.1, -0.05) is 42.0 Å². The number of nitrogens with zero attached hydrogens (tertiary/aromatic N) is 1. The van der Waals surface area contributed by atoms with Gasteiger partial charge in [0.1, 0.15) is 0 Å². The summed E-state index contributed by atoms with van der Waals surface area (Å²) >= 11 is 0. The molecule has 2 aromatic carbocycles. The molecule has 0 saturated carbocycles. The van der Waals surface area contributed by atoms with Crippen LogP contribution in [-0.4, -0.2) is 37.1 Å². The van der Waals surface area contributed by atoms with Crippen LogP contribution in [0.3, 0.4) is 0 Å². The third-order valence-electron chi connectivity index (χ3n) is 3.79. The minimum absolute atomic E-state index is 0.0901. The summed E-state index contributed by atoms with van der Waals surface area (Å²) in [6, 6.07) is 16.2. The van der Waals surface area contributed by atoms with E-state index in [1.54, 1.807) is 0 Å².